The third-order valence-electron chi connectivity index (χ3n) is 4.93. The number of imidazole rings is 1. The minimum Gasteiger partial charge on any atom is -0.494 e. The smallest absolute Gasteiger partial charge is 0.276 e. The number of carbonyl (C=O) groups is 1. The number of anilines is 2. The molecule has 0 unspecified atom stereocenters. The Morgan fingerprint density at radius 2 is 2.14 bits per heavy atom. The molecular weight excluding hydrogens is 358 g/mol. The number of carbonyl (C=O) groups excluding carboxylic acids is 1. The quantitative estimate of drug-likeness (QED) is 0.691. The summed E-state index contributed by atoms with van der Waals surface area (Å²) >= 11 is 0. The van der Waals surface area contributed by atoms with Gasteiger partial charge in [0.15, 0.2) is 0 Å². The molecule has 0 bridgehead atoms. The van der Waals surface area contributed by atoms with Gasteiger partial charge in [0.25, 0.3) is 5.91 Å². The van der Waals surface area contributed by atoms with E-state index in [4.69, 9.17) is 4.74 Å². The van der Waals surface area contributed by atoms with Crippen molar-refractivity contribution in [2.24, 2.45) is 0 Å². The van der Waals surface area contributed by atoms with Gasteiger partial charge in [0.2, 0.25) is 0 Å². The number of aryl methyl sites for hydroxylation is 1. The van der Waals surface area contributed by atoms with Crippen molar-refractivity contribution in [1.82, 2.24) is 24.7 Å². The summed E-state index contributed by atoms with van der Waals surface area (Å²) in [5.74, 6) is 0.969. The first-order chi connectivity index (χ1) is 13.6. The number of rotatable bonds is 5. The maximum Gasteiger partial charge on any atom is 0.276 e. The molecule has 1 atom stereocenters. The average Bonchev–Trinajstić information content (AvgIpc) is 3.32. The number of hydrogen-bond donors (Lipinski definition) is 2. The lowest BCUT2D eigenvalue weighted by atomic mass is 10.3. The van der Waals surface area contributed by atoms with Crippen LogP contribution in [0, 0.1) is 6.92 Å². The van der Waals surface area contributed by atoms with Crippen LogP contribution in [0.3, 0.4) is 0 Å². The van der Waals surface area contributed by atoms with Gasteiger partial charge in [-0.15, -0.1) is 0 Å². The SMILES string of the molecule is CN[C@@H]1CCN(c2cnc(C(=O)Nc3cn4cc(C)nc4cc3OC)cn2)C1. The molecule has 1 amide bonds. The van der Waals surface area contributed by atoms with Gasteiger partial charge in [-0.05, 0) is 20.4 Å². The summed E-state index contributed by atoms with van der Waals surface area (Å²) < 4.78 is 7.23. The lowest BCUT2D eigenvalue weighted by molar-refractivity contribution is 0.102. The number of hydrogen-bond acceptors (Lipinski definition) is 7. The normalized spacial score (nSPS) is 16.5. The number of amides is 1. The molecule has 4 rings (SSSR count). The summed E-state index contributed by atoms with van der Waals surface area (Å²) in [7, 11) is 3.52. The average molecular weight is 381 g/mol. The Balaban J connectivity index is 1.51. The van der Waals surface area contributed by atoms with Gasteiger partial charge in [0, 0.05) is 37.6 Å². The van der Waals surface area contributed by atoms with Crippen LogP contribution in [0.15, 0.2) is 30.9 Å². The fourth-order valence-electron chi connectivity index (χ4n) is 3.40. The van der Waals surface area contributed by atoms with Crippen LogP contribution in [0.5, 0.6) is 5.75 Å². The van der Waals surface area contributed by atoms with E-state index in [-0.39, 0.29) is 11.6 Å². The largest absolute Gasteiger partial charge is 0.494 e. The molecule has 1 fully saturated rings. The number of aromatic nitrogens is 4. The zero-order valence-corrected chi connectivity index (χ0v) is 16.1. The Kier molecular flexibility index (Phi) is 4.82. The fraction of sp³-hybridized carbons (Fsp3) is 0.368. The van der Waals surface area contributed by atoms with Crippen LogP contribution in [0.25, 0.3) is 5.65 Å². The molecule has 0 aliphatic carbocycles. The van der Waals surface area contributed by atoms with Crippen molar-refractivity contribution in [3.8, 4) is 5.75 Å². The van der Waals surface area contributed by atoms with E-state index in [1.54, 1.807) is 25.6 Å². The fourth-order valence-corrected chi connectivity index (χ4v) is 3.40. The summed E-state index contributed by atoms with van der Waals surface area (Å²) in [6.07, 6.45) is 7.87. The molecule has 28 heavy (non-hydrogen) atoms. The van der Waals surface area contributed by atoms with Crippen molar-refractivity contribution in [3.05, 3.63) is 42.2 Å². The molecule has 3 aromatic heterocycles. The van der Waals surface area contributed by atoms with Crippen molar-refractivity contribution in [3.63, 3.8) is 0 Å². The Hall–Kier alpha value is -3.20. The first kappa shape index (κ1) is 18.2. The van der Waals surface area contributed by atoms with Gasteiger partial charge in [0.05, 0.1) is 25.2 Å². The van der Waals surface area contributed by atoms with Crippen LogP contribution < -0.4 is 20.3 Å². The third-order valence-corrected chi connectivity index (χ3v) is 4.93. The topological polar surface area (TPSA) is 96.7 Å². The molecule has 0 spiro atoms. The second-order valence-electron chi connectivity index (χ2n) is 6.84. The molecule has 1 saturated heterocycles. The number of fused-ring (bicyclic) bond motifs is 1. The second-order valence-corrected chi connectivity index (χ2v) is 6.84. The number of nitrogens with one attached hydrogen (secondary N) is 2. The number of pyridine rings is 1. The maximum absolute atomic E-state index is 12.6. The van der Waals surface area contributed by atoms with Gasteiger partial charge in [-0.25, -0.2) is 15.0 Å². The molecule has 4 heterocycles. The lowest BCUT2D eigenvalue weighted by Crippen LogP contribution is -2.30. The van der Waals surface area contributed by atoms with E-state index in [0.29, 0.717) is 17.5 Å². The molecule has 1 aliphatic heterocycles. The van der Waals surface area contributed by atoms with E-state index in [1.165, 1.54) is 6.20 Å². The van der Waals surface area contributed by atoms with E-state index in [2.05, 4.69) is 30.5 Å². The zero-order valence-electron chi connectivity index (χ0n) is 16.1. The predicted octanol–water partition coefficient (Wildman–Crippen LogP) is 1.49. The summed E-state index contributed by atoms with van der Waals surface area (Å²) in [5.41, 5.74) is 2.42. The number of ether oxygens (including phenoxy) is 1. The standard InChI is InChI=1S/C19H23N7O2/c1-12-9-26-11-15(16(28-3)6-17(26)23-12)24-19(27)14-7-22-18(8-21-14)25-5-4-13(10-25)20-2/h6-9,11,13,20H,4-5,10H2,1-3H3,(H,24,27)/t13-/m1/s1. The van der Waals surface area contributed by atoms with Crippen molar-refractivity contribution in [2.75, 3.05) is 37.5 Å². The Morgan fingerprint density at radius 3 is 2.82 bits per heavy atom. The molecule has 3 aromatic rings. The van der Waals surface area contributed by atoms with Crippen LogP contribution in [-0.2, 0) is 0 Å². The van der Waals surface area contributed by atoms with Crippen LogP contribution in [0.1, 0.15) is 22.6 Å². The molecule has 146 valence electrons. The molecule has 0 radical (unpaired) electrons. The van der Waals surface area contributed by atoms with E-state index in [0.717, 1.165) is 36.7 Å². The van der Waals surface area contributed by atoms with Crippen molar-refractivity contribution in [2.45, 2.75) is 19.4 Å². The minimum atomic E-state index is -0.344. The highest BCUT2D eigenvalue weighted by Crippen LogP contribution is 2.26. The van der Waals surface area contributed by atoms with Crippen LogP contribution in [0.2, 0.25) is 0 Å². The number of likely N-dealkylation sites (N-methyl/N-ethyl adjacent to an activating group) is 1. The highest BCUT2D eigenvalue weighted by Gasteiger charge is 2.22. The molecule has 1 aliphatic rings. The molecule has 0 saturated carbocycles. The zero-order chi connectivity index (χ0) is 19.7. The highest BCUT2D eigenvalue weighted by molar-refractivity contribution is 6.03. The van der Waals surface area contributed by atoms with E-state index in [1.807, 2.05) is 24.6 Å². The van der Waals surface area contributed by atoms with Crippen LogP contribution in [-0.4, -0.2) is 58.5 Å². The van der Waals surface area contributed by atoms with Crippen molar-refractivity contribution < 1.29 is 9.53 Å². The number of methoxy groups -OCH3 is 1. The first-order valence-electron chi connectivity index (χ1n) is 9.16. The summed E-state index contributed by atoms with van der Waals surface area (Å²) in [6.45, 7) is 3.72. The molecule has 9 heteroatoms. The maximum atomic E-state index is 12.6. The molecular formula is C19H23N7O2. The van der Waals surface area contributed by atoms with Crippen LogP contribution >= 0.6 is 0 Å². The lowest BCUT2D eigenvalue weighted by Gasteiger charge is -2.17. The highest BCUT2D eigenvalue weighted by atomic mass is 16.5. The number of nitrogens with zero attached hydrogens (tertiary/aromatic N) is 5. The van der Waals surface area contributed by atoms with Gasteiger partial charge in [0.1, 0.15) is 28.6 Å². The van der Waals surface area contributed by atoms with Crippen molar-refractivity contribution >= 4 is 23.1 Å². The molecule has 2 N–H and O–H groups in total. The Morgan fingerprint density at radius 1 is 1.29 bits per heavy atom. The third kappa shape index (κ3) is 3.48. The van der Waals surface area contributed by atoms with Gasteiger partial charge >= 0.3 is 0 Å². The van der Waals surface area contributed by atoms with E-state index < -0.39 is 0 Å². The van der Waals surface area contributed by atoms with E-state index >= 15 is 0 Å². The molecule has 9 nitrogen and oxygen atoms in total. The van der Waals surface area contributed by atoms with Crippen LogP contribution in [0.4, 0.5) is 11.5 Å². The first-order valence-corrected chi connectivity index (χ1v) is 9.16. The minimum absolute atomic E-state index is 0.247. The predicted molar refractivity (Wildman–Crippen MR) is 106 cm³/mol. The van der Waals surface area contributed by atoms with Gasteiger partial charge < -0.3 is 24.7 Å². The van der Waals surface area contributed by atoms with Gasteiger partial charge in [-0.3, -0.25) is 4.79 Å². The monoisotopic (exact) mass is 381 g/mol. The second kappa shape index (κ2) is 7.43. The Labute approximate surface area is 162 Å². The Bertz CT molecular complexity index is 999. The van der Waals surface area contributed by atoms with Gasteiger partial charge in [-0.1, -0.05) is 0 Å². The summed E-state index contributed by atoms with van der Waals surface area (Å²) in [6, 6.07) is 2.24. The van der Waals surface area contributed by atoms with Gasteiger partial charge in [-0.2, -0.15) is 0 Å². The summed E-state index contributed by atoms with van der Waals surface area (Å²) in [4.78, 5) is 27.9. The van der Waals surface area contributed by atoms with Crippen molar-refractivity contribution in [1.29, 1.82) is 0 Å². The summed E-state index contributed by atoms with van der Waals surface area (Å²) in [5, 5.41) is 6.12. The van der Waals surface area contributed by atoms with E-state index in [9.17, 15) is 4.79 Å². The molecule has 0 aromatic carbocycles.